The van der Waals surface area contributed by atoms with E-state index < -0.39 is 5.97 Å². The van der Waals surface area contributed by atoms with E-state index in [1.165, 1.54) is 12.4 Å². The van der Waals surface area contributed by atoms with Crippen molar-refractivity contribution in [3.63, 3.8) is 0 Å². The van der Waals surface area contributed by atoms with E-state index in [9.17, 15) is 4.79 Å². The predicted octanol–water partition coefficient (Wildman–Crippen LogP) is -0.239. The Bertz CT molecular complexity index is 440. The van der Waals surface area contributed by atoms with Crippen LogP contribution in [-0.2, 0) is 4.74 Å². The standard InChI is InChI=1S/C11H15N3O4/c1-7-6-18-8(5-15)4-14(7)10-3-12-2-9(13-10)11(16)17/h2-3,7-8,15H,4-6H2,1H3,(H,16,17). The summed E-state index contributed by atoms with van der Waals surface area (Å²) in [5.41, 5.74) is -0.0910. The Morgan fingerprint density at radius 2 is 2.39 bits per heavy atom. The van der Waals surface area contributed by atoms with Gasteiger partial charge in [0.2, 0.25) is 0 Å². The zero-order valence-electron chi connectivity index (χ0n) is 9.98. The molecule has 2 atom stereocenters. The van der Waals surface area contributed by atoms with Crippen LogP contribution in [0.15, 0.2) is 12.4 Å². The molecule has 98 valence electrons. The Kier molecular flexibility index (Phi) is 3.73. The van der Waals surface area contributed by atoms with E-state index in [2.05, 4.69) is 9.97 Å². The zero-order chi connectivity index (χ0) is 13.1. The fourth-order valence-electron chi connectivity index (χ4n) is 1.84. The van der Waals surface area contributed by atoms with Gasteiger partial charge in [-0.25, -0.2) is 9.78 Å². The number of aromatic nitrogens is 2. The molecule has 1 fully saturated rings. The second-order valence-corrected chi connectivity index (χ2v) is 4.21. The van der Waals surface area contributed by atoms with Crippen molar-refractivity contribution in [3.05, 3.63) is 18.1 Å². The van der Waals surface area contributed by atoms with Crippen LogP contribution in [0.3, 0.4) is 0 Å². The van der Waals surface area contributed by atoms with Gasteiger partial charge in [0.25, 0.3) is 0 Å². The molecule has 0 saturated carbocycles. The molecule has 2 rings (SSSR count). The summed E-state index contributed by atoms with van der Waals surface area (Å²) in [6.07, 6.45) is 2.44. The van der Waals surface area contributed by atoms with Gasteiger partial charge in [-0.1, -0.05) is 0 Å². The lowest BCUT2D eigenvalue weighted by molar-refractivity contribution is -0.0106. The van der Waals surface area contributed by atoms with Crippen molar-refractivity contribution >= 4 is 11.8 Å². The van der Waals surface area contributed by atoms with Crippen molar-refractivity contribution < 1.29 is 19.7 Å². The Labute approximate surface area is 104 Å². The van der Waals surface area contributed by atoms with Gasteiger partial charge < -0.3 is 19.8 Å². The van der Waals surface area contributed by atoms with E-state index in [1.807, 2.05) is 11.8 Å². The molecule has 1 aliphatic rings. The van der Waals surface area contributed by atoms with Crippen LogP contribution >= 0.6 is 0 Å². The van der Waals surface area contributed by atoms with Crippen LogP contribution in [-0.4, -0.2) is 58.1 Å². The lowest BCUT2D eigenvalue weighted by Crippen LogP contribution is -2.50. The van der Waals surface area contributed by atoms with Gasteiger partial charge in [-0.2, -0.15) is 0 Å². The predicted molar refractivity (Wildman–Crippen MR) is 62.6 cm³/mol. The SMILES string of the molecule is CC1COC(CO)CN1c1cncc(C(=O)O)n1. The number of morpholine rings is 1. The Hall–Kier alpha value is -1.73. The van der Waals surface area contributed by atoms with E-state index in [0.717, 1.165) is 0 Å². The van der Waals surface area contributed by atoms with Gasteiger partial charge in [-0.3, -0.25) is 4.98 Å². The lowest BCUT2D eigenvalue weighted by Gasteiger charge is -2.38. The van der Waals surface area contributed by atoms with E-state index >= 15 is 0 Å². The summed E-state index contributed by atoms with van der Waals surface area (Å²) in [4.78, 5) is 20.7. The number of aliphatic hydroxyl groups is 1. The van der Waals surface area contributed by atoms with Crippen molar-refractivity contribution in [1.82, 2.24) is 9.97 Å². The third kappa shape index (κ3) is 2.57. The molecule has 0 radical (unpaired) electrons. The maximum atomic E-state index is 10.9. The summed E-state index contributed by atoms with van der Waals surface area (Å²) in [6.45, 7) is 2.80. The molecular formula is C11H15N3O4. The lowest BCUT2D eigenvalue weighted by atomic mass is 10.2. The Morgan fingerprint density at radius 1 is 1.61 bits per heavy atom. The van der Waals surface area contributed by atoms with Gasteiger partial charge in [0.05, 0.1) is 37.8 Å². The minimum atomic E-state index is -1.11. The number of anilines is 1. The molecule has 7 nitrogen and oxygen atoms in total. The van der Waals surface area contributed by atoms with Crippen LogP contribution in [0.1, 0.15) is 17.4 Å². The van der Waals surface area contributed by atoms with E-state index in [4.69, 9.17) is 14.9 Å². The number of rotatable bonds is 3. The maximum Gasteiger partial charge on any atom is 0.356 e. The molecule has 2 heterocycles. The van der Waals surface area contributed by atoms with Crippen LogP contribution in [0.5, 0.6) is 0 Å². The second kappa shape index (κ2) is 5.28. The normalized spacial score (nSPS) is 24.0. The minimum absolute atomic E-state index is 0.0612. The number of carboxylic acids is 1. The Balaban J connectivity index is 2.23. The fraction of sp³-hybridized carbons (Fsp3) is 0.545. The number of ether oxygens (including phenoxy) is 1. The van der Waals surface area contributed by atoms with Gasteiger partial charge in [0.15, 0.2) is 5.69 Å². The highest BCUT2D eigenvalue weighted by atomic mass is 16.5. The topological polar surface area (TPSA) is 95.8 Å². The van der Waals surface area contributed by atoms with Crippen LogP contribution < -0.4 is 4.90 Å². The first-order valence-electron chi connectivity index (χ1n) is 5.66. The Morgan fingerprint density at radius 3 is 3.06 bits per heavy atom. The van der Waals surface area contributed by atoms with Crippen molar-refractivity contribution in [2.75, 3.05) is 24.7 Å². The third-order valence-electron chi connectivity index (χ3n) is 2.84. The van der Waals surface area contributed by atoms with E-state index in [1.54, 1.807) is 0 Å². The molecule has 1 saturated heterocycles. The highest BCUT2D eigenvalue weighted by molar-refractivity contribution is 5.85. The smallest absolute Gasteiger partial charge is 0.356 e. The average molecular weight is 253 g/mol. The molecule has 1 aliphatic heterocycles. The minimum Gasteiger partial charge on any atom is -0.476 e. The third-order valence-corrected chi connectivity index (χ3v) is 2.84. The van der Waals surface area contributed by atoms with Crippen LogP contribution in [0, 0.1) is 0 Å². The summed E-state index contributed by atoms with van der Waals surface area (Å²) >= 11 is 0. The molecule has 18 heavy (non-hydrogen) atoms. The average Bonchev–Trinajstić information content (AvgIpc) is 2.39. The molecule has 0 bridgehead atoms. The number of hydrogen-bond donors (Lipinski definition) is 2. The molecule has 2 N–H and O–H groups in total. The van der Waals surface area contributed by atoms with E-state index in [-0.39, 0.29) is 24.4 Å². The summed E-state index contributed by atoms with van der Waals surface area (Å²) in [6, 6.07) is 0.0612. The van der Waals surface area contributed by atoms with Crippen LogP contribution in [0.2, 0.25) is 0 Å². The highest BCUT2D eigenvalue weighted by Gasteiger charge is 2.27. The van der Waals surface area contributed by atoms with Gasteiger partial charge in [-0.15, -0.1) is 0 Å². The van der Waals surface area contributed by atoms with Gasteiger partial charge in [-0.05, 0) is 6.92 Å². The molecular weight excluding hydrogens is 238 g/mol. The first kappa shape index (κ1) is 12.7. The number of nitrogens with zero attached hydrogens (tertiary/aromatic N) is 3. The van der Waals surface area contributed by atoms with Gasteiger partial charge in [0, 0.05) is 6.54 Å². The molecule has 1 aromatic rings. The van der Waals surface area contributed by atoms with Crippen molar-refractivity contribution in [2.24, 2.45) is 0 Å². The first-order chi connectivity index (χ1) is 8.61. The number of aromatic carboxylic acids is 1. The van der Waals surface area contributed by atoms with Crippen molar-refractivity contribution in [3.8, 4) is 0 Å². The molecule has 2 unspecified atom stereocenters. The quantitative estimate of drug-likeness (QED) is 0.767. The highest BCUT2D eigenvalue weighted by Crippen LogP contribution is 2.19. The first-order valence-corrected chi connectivity index (χ1v) is 5.66. The molecule has 0 amide bonds. The van der Waals surface area contributed by atoms with Crippen LogP contribution in [0.4, 0.5) is 5.82 Å². The number of carboxylic acid groups (broad SMARTS) is 1. The number of hydrogen-bond acceptors (Lipinski definition) is 6. The second-order valence-electron chi connectivity index (χ2n) is 4.21. The largest absolute Gasteiger partial charge is 0.476 e. The molecule has 1 aromatic heterocycles. The molecule has 7 heteroatoms. The number of aliphatic hydroxyl groups excluding tert-OH is 1. The van der Waals surface area contributed by atoms with Crippen LogP contribution in [0.25, 0.3) is 0 Å². The summed E-state index contributed by atoms with van der Waals surface area (Å²) in [5, 5.41) is 18.0. The molecule has 0 aliphatic carbocycles. The summed E-state index contributed by atoms with van der Waals surface area (Å²) in [7, 11) is 0. The van der Waals surface area contributed by atoms with Crippen molar-refractivity contribution in [1.29, 1.82) is 0 Å². The zero-order valence-corrected chi connectivity index (χ0v) is 9.98. The summed E-state index contributed by atoms with van der Waals surface area (Å²) < 4.78 is 5.41. The van der Waals surface area contributed by atoms with Gasteiger partial charge in [0.1, 0.15) is 5.82 Å². The molecule has 0 aromatic carbocycles. The number of carbonyl (C=O) groups is 1. The molecule has 0 spiro atoms. The summed E-state index contributed by atoms with van der Waals surface area (Å²) in [5.74, 6) is -0.617. The monoisotopic (exact) mass is 253 g/mol. The van der Waals surface area contributed by atoms with E-state index in [0.29, 0.717) is 19.0 Å². The van der Waals surface area contributed by atoms with Gasteiger partial charge >= 0.3 is 5.97 Å². The fourth-order valence-corrected chi connectivity index (χ4v) is 1.84. The van der Waals surface area contributed by atoms with Crippen molar-refractivity contribution in [2.45, 2.75) is 19.1 Å². The maximum absolute atomic E-state index is 10.9.